The van der Waals surface area contributed by atoms with Crippen molar-refractivity contribution in [2.45, 2.75) is 25.2 Å². The number of fused-ring (bicyclic) bond motifs is 1. The van der Waals surface area contributed by atoms with Crippen LogP contribution in [0.2, 0.25) is 0 Å². The average Bonchev–Trinajstić information content (AvgIpc) is 2.95. The maximum absolute atomic E-state index is 12.9. The number of benzene rings is 1. The van der Waals surface area contributed by atoms with Gasteiger partial charge in [0, 0.05) is 11.0 Å². The average molecular weight is 356 g/mol. The molecular formula is C13H14BrN3O2S. The molecule has 0 aliphatic carbocycles. The number of aromatic amines is 1. The normalized spacial score (nSPS) is 14.7. The maximum atomic E-state index is 12.9. The van der Waals surface area contributed by atoms with Crippen molar-refractivity contribution in [2.75, 3.05) is 10.8 Å². The predicted octanol–water partition coefficient (Wildman–Crippen LogP) is 2.54. The number of aromatic nitrogens is 2. The van der Waals surface area contributed by atoms with Crippen molar-refractivity contribution < 1.29 is 8.42 Å². The van der Waals surface area contributed by atoms with Gasteiger partial charge in [0.15, 0.2) is 0 Å². The van der Waals surface area contributed by atoms with E-state index in [-0.39, 0.29) is 4.90 Å². The molecule has 106 valence electrons. The standard InChI is InChI=1S/C13H14BrN3O2S/c1-8-13(9(2)16-15-8)20(18,19)17-7-6-10-11(14)4-3-5-12(10)17/h3-5H,6-7H2,1-2H3,(H,15,16). The molecule has 1 aromatic heterocycles. The van der Waals surface area contributed by atoms with Gasteiger partial charge in [0.1, 0.15) is 4.90 Å². The van der Waals surface area contributed by atoms with E-state index in [0.717, 1.165) is 15.7 Å². The maximum Gasteiger partial charge on any atom is 0.268 e. The van der Waals surface area contributed by atoms with Crippen molar-refractivity contribution in [1.82, 2.24) is 10.2 Å². The minimum absolute atomic E-state index is 0.283. The summed E-state index contributed by atoms with van der Waals surface area (Å²) in [5, 5.41) is 6.72. The van der Waals surface area contributed by atoms with E-state index < -0.39 is 10.0 Å². The quantitative estimate of drug-likeness (QED) is 0.899. The van der Waals surface area contributed by atoms with Gasteiger partial charge in [-0.2, -0.15) is 5.10 Å². The molecule has 3 rings (SSSR count). The van der Waals surface area contributed by atoms with Crippen LogP contribution in [-0.2, 0) is 16.4 Å². The Labute approximate surface area is 126 Å². The van der Waals surface area contributed by atoms with E-state index in [4.69, 9.17) is 0 Å². The summed E-state index contributed by atoms with van der Waals surface area (Å²) in [5.74, 6) is 0. The summed E-state index contributed by atoms with van der Waals surface area (Å²) < 4.78 is 28.1. The zero-order valence-electron chi connectivity index (χ0n) is 11.1. The Morgan fingerprint density at radius 2 is 2.10 bits per heavy atom. The van der Waals surface area contributed by atoms with Gasteiger partial charge in [-0.05, 0) is 38.0 Å². The number of H-pyrrole nitrogens is 1. The van der Waals surface area contributed by atoms with E-state index in [9.17, 15) is 8.42 Å². The Kier molecular flexibility index (Phi) is 3.13. The number of aryl methyl sites for hydroxylation is 2. The molecule has 1 aliphatic heterocycles. The topological polar surface area (TPSA) is 66.1 Å². The van der Waals surface area contributed by atoms with Crippen molar-refractivity contribution in [3.05, 3.63) is 39.6 Å². The van der Waals surface area contributed by atoms with Crippen LogP contribution in [0.15, 0.2) is 27.6 Å². The van der Waals surface area contributed by atoms with Crippen molar-refractivity contribution in [2.24, 2.45) is 0 Å². The third kappa shape index (κ3) is 1.88. The Morgan fingerprint density at radius 1 is 1.35 bits per heavy atom. The van der Waals surface area contributed by atoms with Gasteiger partial charge in [-0.15, -0.1) is 0 Å². The molecule has 0 spiro atoms. The first-order chi connectivity index (χ1) is 9.43. The lowest BCUT2D eigenvalue weighted by Crippen LogP contribution is -2.29. The molecule has 7 heteroatoms. The molecule has 0 saturated carbocycles. The highest BCUT2D eigenvalue weighted by Crippen LogP contribution is 2.37. The predicted molar refractivity (Wildman–Crippen MR) is 80.4 cm³/mol. The molecule has 1 aliphatic rings. The fourth-order valence-electron chi connectivity index (χ4n) is 2.64. The molecule has 0 unspecified atom stereocenters. The molecule has 0 radical (unpaired) electrons. The number of halogens is 1. The lowest BCUT2D eigenvalue weighted by atomic mass is 10.2. The van der Waals surface area contributed by atoms with Crippen molar-refractivity contribution in [1.29, 1.82) is 0 Å². The fraction of sp³-hybridized carbons (Fsp3) is 0.308. The number of sulfonamides is 1. The fourth-order valence-corrected chi connectivity index (χ4v) is 5.03. The molecule has 0 atom stereocenters. The first-order valence-electron chi connectivity index (χ1n) is 6.24. The van der Waals surface area contributed by atoms with Gasteiger partial charge in [-0.3, -0.25) is 9.40 Å². The van der Waals surface area contributed by atoms with Gasteiger partial charge in [0.05, 0.1) is 17.1 Å². The molecule has 0 saturated heterocycles. The SMILES string of the molecule is Cc1n[nH]c(C)c1S(=O)(=O)N1CCc2c(Br)cccc21. The van der Waals surface area contributed by atoms with Crippen LogP contribution < -0.4 is 4.31 Å². The van der Waals surface area contributed by atoms with Crippen molar-refractivity contribution in [3.63, 3.8) is 0 Å². The lowest BCUT2D eigenvalue weighted by Gasteiger charge is -2.19. The van der Waals surface area contributed by atoms with Crippen molar-refractivity contribution >= 4 is 31.6 Å². The summed E-state index contributed by atoms with van der Waals surface area (Å²) in [6, 6.07) is 5.63. The van der Waals surface area contributed by atoms with Crippen LogP contribution in [0.5, 0.6) is 0 Å². The number of hydrogen-bond acceptors (Lipinski definition) is 3. The van der Waals surface area contributed by atoms with E-state index in [1.54, 1.807) is 13.8 Å². The molecule has 2 heterocycles. The summed E-state index contributed by atoms with van der Waals surface area (Å²) in [7, 11) is -3.57. The number of anilines is 1. The van der Waals surface area contributed by atoms with Gasteiger partial charge >= 0.3 is 0 Å². The van der Waals surface area contributed by atoms with Crippen LogP contribution >= 0.6 is 15.9 Å². The second-order valence-corrected chi connectivity index (χ2v) is 7.48. The Balaban J connectivity index is 2.15. The van der Waals surface area contributed by atoms with Crippen LogP contribution in [0.25, 0.3) is 0 Å². The highest BCUT2D eigenvalue weighted by Gasteiger charge is 2.34. The van der Waals surface area contributed by atoms with Crippen LogP contribution in [0.1, 0.15) is 17.0 Å². The number of nitrogens with zero attached hydrogens (tertiary/aromatic N) is 2. The van der Waals surface area contributed by atoms with E-state index in [0.29, 0.717) is 24.4 Å². The summed E-state index contributed by atoms with van der Waals surface area (Å²) in [6.45, 7) is 3.89. The lowest BCUT2D eigenvalue weighted by molar-refractivity contribution is 0.591. The molecule has 1 aromatic carbocycles. The second-order valence-electron chi connectivity index (χ2n) is 4.83. The van der Waals surface area contributed by atoms with Crippen molar-refractivity contribution in [3.8, 4) is 0 Å². The smallest absolute Gasteiger partial charge is 0.268 e. The van der Waals surface area contributed by atoms with Gasteiger partial charge in [-0.1, -0.05) is 22.0 Å². The monoisotopic (exact) mass is 355 g/mol. The third-order valence-corrected chi connectivity index (χ3v) is 6.36. The minimum atomic E-state index is -3.57. The molecule has 0 amide bonds. The summed E-state index contributed by atoms with van der Waals surface area (Å²) >= 11 is 3.48. The van der Waals surface area contributed by atoms with Crippen LogP contribution in [0.3, 0.4) is 0 Å². The molecule has 0 fully saturated rings. The van der Waals surface area contributed by atoms with Gasteiger partial charge in [-0.25, -0.2) is 8.42 Å². The van der Waals surface area contributed by atoms with E-state index in [1.165, 1.54) is 4.31 Å². The molecule has 20 heavy (non-hydrogen) atoms. The highest BCUT2D eigenvalue weighted by molar-refractivity contribution is 9.10. The van der Waals surface area contributed by atoms with E-state index in [2.05, 4.69) is 26.1 Å². The highest BCUT2D eigenvalue weighted by atomic mass is 79.9. The zero-order chi connectivity index (χ0) is 14.5. The number of nitrogens with one attached hydrogen (secondary N) is 1. The van der Waals surface area contributed by atoms with Crippen LogP contribution in [-0.4, -0.2) is 25.2 Å². The Morgan fingerprint density at radius 3 is 2.75 bits per heavy atom. The van der Waals surface area contributed by atoms with E-state index in [1.807, 2.05) is 18.2 Å². The first-order valence-corrected chi connectivity index (χ1v) is 8.48. The molecule has 0 bridgehead atoms. The zero-order valence-corrected chi connectivity index (χ0v) is 13.5. The van der Waals surface area contributed by atoms with Gasteiger partial charge in [0.25, 0.3) is 10.0 Å². The largest absolute Gasteiger partial charge is 0.281 e. The molecule has 2 aromatic rings. The summed E-state index contributed by atoms with van der Waals surface area (Å²) in [6.07, 6.45) is 0.714. The molecule has 5 nitrogen and oxygen atoms in total. The van der Waals surface area contributed by atoms with Crippen LogP contribution in [0, 0.1) is 13.8 Å². The number of rotatable bonds is 2. The van der Waals surface area contributed by atoms with Gasteiger partial charge < -0.3 is 0 Å². The second kappa shape index (κ2) is 4.60. The van der Waals surface area contributed by atoms with E-state index >= 15 is 0 Å². The summed E-state index contributed by atoms with van der Waals surface area (Å²) in [4.78, 5) is 0.283. The summed E-state index contributed by atoms with van der Waals surface area (Å²) in [5.41, 5.74) is 2.87. The number of hydrogen-bond donors (Lipinski definition) is 1. The first kappa shape index (κ1) is 13.6. The van der Waals surface area contributed by atoms with Gasteiger partial charge in [0.2, 0.25) is 0 Å². The Bertz CT molecular complexity index is 763. The molecular weight excluding hydrogens is 342 g/mol. The minimum Gasteiger partial charge on any atom is -0.281 e. The van der Waals surface area contributed by atoms with Crippen LogP contribution in [0.4, 0.5) is 5.69 Å². The molecule has 1 N–H and O–H groups in total. The Hall–Kier alpha value is -1.34. The third-order valence-electron chi connectivity index (χ3n) is 3.54.